The van der Waals surface area contributed by atoms with E-state index in [1.165, 1.54) is 24.8 Å². The summed E-state index contributed by atoms with van der Waals surface area (Å²) in [6.45, 7) is 17.0. The van der Waals surface area contributed by atoms with Crippen LogP contribution in [0.15, 0.2) is 24.3 Å². The van der Waals surface area contributed by atoms with E-state index in [9.17, 15) is 0 Å². The smallest absolute Gasteiger partial charge is 0.122 e. The van der Waals surface area contributed by atoms with Crippen molar-refractivity contribution in [2.75, 3.05) is 7.11 Å². The molecule has 0 aromatic heterocycles. The van der Waals surface area contributed by atoms with Gasteiger partial charge in [-0.05, 0) is 24.0 Å². The summed E-state index contributed by atoms with van der Waals surface area (Å²) in [7, 11) is 1.70. The Labute approximate surface area is 135 Å². The van der Waals surface area contributed by atoms with Crippen LogP contribution in [-0.2, 0) is 6.42 Å². The van der Waals surface area contributed by atoms with E-state index in [4.69, 9.17) is 4.74 Å². The topological polar surface area (TPSA) is 9.23 Å². The number of methoxy groups -OCH3 is 1. The summed E-state index contributed by atoms with van der Waals surface area (Å²) in [5.74, 6) is 1.82. The maximum absolute atomic E-state index is 5.14. The molecule has 0 aliphatic heterocycles. The average Bonchev–Trinajstić information content (AvgIpc) is 2.50. The van der Waals surface area contributed by atoms with Crippen LogP contribution in [-0.4, -0.2) is 7.11 Å². The van der Waals surface area contributed by atoms with Gasteiger partial charge in [0.2, 0.25) is 0 Å². The summed E-state index contributed by atoms with van der Waals surface area (Å²) < 4.78 is 5.14. The molecular formula is C20H40O. The second kappa shape index (κ2) is 21.3. The van der Waals surface area contributed by atoms with Gasteiger partial charge in [0.25, 0.3) is 0 Å². The van der Waals surface area contributed by atoms with Crippen LogP contribution in [0, 0.1) is 5.92 Å². The summed E-state index contributed by atoms with van der Waals surface area (Å²) in [6, 6.07) is 8.08. The van der Waals surface area contributed by atoms with Crippen molar-refractivity contribution in [3.05, 3.63) is 29.8 Å². The Bertz CT molecular complexity index is 251. The van der Waals surface area contributed by atoms with E-state index in [0.29, 0.717) is 0 Å². The lowest BCUT2D eigenvalue weighted by Gasteiger charge is -2.03. The van der Waals surface area contributed by atoms with Crippen LogP contribution in [0.1, 0.15) is 80.2 Å². The van der Waals surface area contributed by atoms with Gasteiger partial charge in [-0.1, -0.05) is 92.9 Å². The van der Waals surface area contributed by atoms with Crippen molar-refractivity contribution >= 4 is 0 Å². The van der Waals surface area contributed by atoms with Crippen molar-refractivity contribution in [2.45, 2.75) is 81.1 Å². The number of hydrogen-bond donors (Lipinski definition) is 0. The third kappa shape index (κ3) is 21.5. The molecule has 1 aromatic rings. The molecule has 1 aromatic carbocycles. The Morgan fingerprint density at radius 3 is 1.57 bits per heavy atom. The highest BCUT2D eigenvalue weighted by Gasteiger charge is 1.95. The zero-order chi connectivity index (χ0) is 17.1. The quantitative estimate of drug-likeness (QED) is 0.573. The predicted octanol–water partition coefficient (Wildman–Crippen LogP) is 7.14. The van der Waals surface area contributed by atoms with Gasteiger partial charge in [0.1, 0.15) is 5.75 Å². The van der Waals surface area contributed by atoms with Crippen molar-refractivity contribution in [3.63, 3.8) is 0 Å². The Morgan fingerprint density at radius 2 is 1.33 bits per heavy atom. The first kappa shape index (κ1) is 25.0. The van der Waals surface area contributed by atoms with Crippen molar-refractivity contribution in [2.24, 2.45) is 5.92 Å². The van der Waals surface area contributed by atoms with Crippen LogP contribution in [0.25, 0.3) is 0 Å². The number of aryl methyl sites for hydroxylation is 1. The molecule has 0 fully saturated rings. The molecule has 0 radical (unpaired) electrons. The van der Waals surface area contributed by atoms with Gasteiger partial charge in [-0.25, -0.2) is 0 Å². The summed E-state index contributed by atoms with van der Waals surface area (Å²) in [6.07, 6.45) is 5.11. The molecule has 1 nitrogen and oxygen atoms in total. The maximum Gasteiger partial charge on any atom is 0.122 e. The number of hydrogen-bond acceptors (Lipinski definition) is 1. The molecule has 0 heterocycles. The van der Waals surface area contributed by atoms with Gasteiger partial charge < -0.3 is 4.74 Å². The first-order valence-corrected chi connectivity index (χ1v) is 8.65. The Balaban J connectivity index is -0.000000250. The Kier molecular flexibility index (Phi) is 25.4. The molecule has 1 rings (SSSR count). The van der Waals surface area contributed by atoms with Gasteiger partial charge >= 0.3 is 0 Å². The normalized spacial score (nSPS) is 8.48. The van der Waals surface area contributed by atoms with Gasteiger partial charge in [0.15, 0.2) is 0 Å². The molecule has 0 N–H and O–H groups in total. The van der Waals surface area contributed by atoms with E-state index >= 15 is 0 Å². The highest BCUT2D eigenvalue weighted by Crippen LogP contribution is 2.16. The molecule has 0 atom stereocenters. The predicted molar refractivity (Wildman–Crippen MR) is 99.4 cm³/mol. The molecule has 0 unspecified atom stereocenters. The van der Waals surface area contributed by atoms with E-state index in [0.717, 1.165) is 18.1 Å². The van der Waals surface area contributed by atoms with Crippen molar-refractivity contribution in [1.82, 2.24) is 0 Å². The summed E-state index contributed by atoms with van der Waals surface area (Å²) >= 11 is 0. The SMILES string of the molecule is CC.CC(C)C.CCCCC.CCc1ccccc1OC. The molecule has 0 bridgehead atoms. The molecule has 1 heteroatoms. The third-order valence-electron chi connectivity index (χ3n) is 2.28. The fraction of sp³-hybridized carbons (Fsp3) is 0.700. The second-order valence-corrected chi connectivity index (χ2v) is 5.25. The molecular weight excluding hydrogens is 256 g/mol. The molecule has 0 aliphatic carbocycles. The first-order valence-electron chi connectivity index (χ1n) is 8.65. The fourth-order valence-electron chi connectivity index (χ4n) is 1.35. The fourth-order valence-corrected chi connectivity index (χ4v) is 1.35. The van der Waals surface area contributed by atoms with Gasteiger partial charge in [0.05, 0.1) is 7.11 Å². The van der Waals surface area contributed by atoms with Gasteiger partial charge in [-0.2, -0.15) is 0 Å². The zero-order valence-corrected chi connectivity index (χ0v) is 16.1. The molecule has 0 spiro atoms. The van der Waals surface area contributed by atoms with E-state index in [1.54, 1.807) is 7.11 Å². The summed E-state index contributed by atoms with van der Waals surface area (Å²) in [5.41, 5.74) is 1.27. The lowest BCUT2D eigenvalue weighted by atomic mass is 10.1. The van der Waals surface area contributed by atoms with Crippen LogP contribution in [0.4, 0.5) is 0 Å². The molecule has 0 aliphatic rings. The molecule has 0 amide bonds. The minimum atomic E-state index is 0.833. The Morgan fingerprint density at radius 1 is 0.905 bits per heavy atom. The van der Waals surface area contributed by atoms with Crippen LogP contribution in [0.5, 0.6) is 5.75 Å². The van der Waals surface area contributed by atoms with E-state index in [1.807, 2.05) is 32.0 Å². The number of ether oxygens (including phenoxy) is 1. The van der Waals surface area contributed by atoms with Gasteiger partial charge in [-0.3, -0.25) is 0 Å². The number of rotatable bonds is 4. The lowest BCUT2D eigenvalue weighted by Crippen LogP contribution is -1.88. The van der Waals surface area contributed by atoms with Crippen LogP contribution >= 0.6 is 0 Å². The standard InChI is InChI=1S/C9H12O.C5H12.C4H10.C2H6/c1-3-8-6-4-5-7-9(8)10-2;1-3-5-4-2;1-4(2)3;1-2/h4-7H,3H2,1-2H3;3-5H2,1-2H3;4H,1-3H3;1-2H3. The maximum atomic E-state index is 5.14. The van der Waals surface area contributed by atoms with Crippen molar-refractivity contribution in [1.29, 1.82) is 0 Å². The minimum Gasteiger partial charge on any atom is -0.496 e. The first-order chi connectivity index (χ1) is 10.0. The monoisotopic (exact) mass is 296 g/mol. The molecule has 0 saturated carbocycles. The van der Waals surface area contributed by atoms with Crippen molar-refractivity contribution in [3.8, 4) is 5.75 Å². The number of unbranched alkanes of at least 4 members (excludes halogenated alkanes) is 2. The lowest BCUT2D eigenvalue weighted by molar-refractivity contribution is 0.410. The van der Waals surface area contributed by atoms with E-state index in [-0.39, 0.29) is 0 Å². The molecule has 21 heavy (non-hydrogen) atoms. The largest absolute Gasteiger partial charge is 0.496 e. The van der Waals surface area contributed by atoms with Crippen LogP contribution in [0.2, 0.25) is 0 Å². The number of benzene rings is 1. The zero-order valence-electron chi connectivity index (χ0n) is 16.1. The third-order valence-corrected chi connectivity index (χ3v) is 2.28. The highest BCUT2D eigenvalue weighted by atomic mass is 16.5. The van der Waals surface area contributed by atoms with E-state index in [2.05, 4.69) is 47.6 Å². The van der Waals surface area contributed by atoms with Gasteiger partial charge in [0, 0.05) is 0 Å². The molecule has 126 valence electrons. The van der Waals surface area contributed by atoms with Gasteiger partial charge in [-0.15, -0.1) is 0 Å². The van der Waals surface area contributed by atoms with Crippen LogP contribution < -0.4 is 4.74 Å². The number of para-hydroxylation sites is 1. The van der Waals surface area contributed by atoms with Crippen LogP contribution in [0.3, 0.4) is 0 Å². The van der Waals surface area contributed by atoms with E-state index < -0.39 is 0 Å². The Hall–Kier alpha value is -0.980. The summed E-state index contributed by atoms with van der Waals surface area (Å²) in [4.78, 5) is 0. The molecule has 0 saturated heterocycles. The highest BCUT2D eigenvalue weighted by molar-refractivity contribution is 5.32. The van der Waals surface area contributed by atoms with Crippen molar-refractivity contribution < 1.29 is 4.74 Å². The minimum absolute atomic E-state index is 0.833. The summed E-state index contributed by atoms with van der Waals surface area (Å²) in [5, 5.41) is 0. The average molecular weight is 297 g/mol. The second-order valence-electron chi connectivity index (χ2n) is 5.25.